The smallest absolute Gasteiger partial charge is 0.141 e. The lowest BCUT2D eigenvalue weighted by molar-refractivity contribution is 0.257. The van der Waals surface area contributed by atoms with Gasteiger partial charge in [0.2, 0.25) is 0 Å². The molecule has 0 unspecified atom stereocenters. The van der Waals surface area contributed by atoms with Gasteiger partial charge in [0.15, 0.2) is 0 Å². The van der Waals surface area contributed by atoms with Crippen LogP contribution in [0.4, 0.5) is 17.2 Å². The number of pyridine rings is 1. The third-order valence-electron chi connectivity index (χ3n) is 7.54. The second kappa shape index (κ2) is 9.55. The number of fused-ring (bicyclic) bond motifs is 3. The van der Waals surface area contributed by atoms with Crippen molar-refractivity contribution in [3.8, 4) is 17.6 Å². The Labute approximate surface area is 221 Å². The number of nitrogen functional groups attached to an aromatic ring is 1. The van der Waals surface area contributed by atoms with E-state index >= 15 is 0 Å². The molecule has 0 aliphatic carbocycles. The summed E-state index contributed by atoms with van der Waals surface area (Å²) in [5.41, 5.74) is 10.2. The van der Waals surface area contributed by atoms with E-state index in [9.17, 15) is 0 Å². The summed E-state index contributed by atoms with van der Waals surface area (Å²) in [6.07, 6.45) is 7.97. The van der Waals surface area contributed by atoms with Gasteiger partial charge in [-0.15, -0.1) is 0 Å². The van der Waals surface area contributed by atoms with Crippen molar-refractivity contribution in [2.45, 2.75) is 43.9 Å². The summed E-state index contributed by atoms with van der Waals surface area (Å²) in [5, 5.41) is 4.64. The predicted molar refractivity (Wildman–Crippen MR) is 147 cm³/mol. The Balaban J connectivity index is 1.22. The summed E-state index contributed by atoms with van der Waals surface area (Å²) in [5.74, 6) is 8.14. The van der Waals surface area contributed by atoms with Gasteiger partial charge in [-0.3, -0.25) is 9.88 Å². The molecule has 4 heterocycles. The lowest BCUT2D eigenvalue weighted by Crippen LogP contribution is -2.36. The molecule has 2 aromatic carbocycles. The van der Waals surface area contributed by atoms with Crippen LogP contribution in [0.25, 0.3) is 10.9 Å². The molecule has 2 fully saturated rings. The lowest BCUT2D eigenvalue weighted by atomic mass is 9.88. The molecule has 0 amide bonds. The maximum absolute atomic E-state index is 6.49. The number of anilines is 3. The Morgan fingerprint density at radius 2 is 2.00 bits per heavy atom. The molecule has 8 heteroatoms. The highest BCUT2D eigenvalue weighted by Gasteiger charge is 2.48. The maximum atomic E-state index is 6.49. The number of hydrogen-bond donors (Lipinski definition) is 2. The molecule has 7 nitrogen and oxygen atoms in total. The first-order valence-electron chi connectivity index (χ1n) is 12.4. The van der Waals surface area contributed by atoms with Gasteiger partial charge >= 0.3 is 0 Å². The van der Waals surface area contributed by atoms with Crippen molar-refractivity contribution in [1.29, 1.82) is 0 Å². The fraction of sp³-hybridized carbons (Fsp3) is 0.276. The van der Waals surface area contributed by atoms with Crippen LogP contribution in [0.3, 0.4) is 0 Å². The van der Waals surface area contributed by atoms with Crippen molar-refractivity contribution in [2.75, 3.05) is 18.1 Å². The molecule has 2 aliphatic rings. The van der Waals surface area contributed by atoms with Crippen LogP contribution in [0.5, 0.6) is 5.75 Å². The fourth-order valence-electron chi connectivity index (χ4n) is 5.36. The number of halogens is 1. The molecular weight excluding hydrogens is 484 g/mol. The Hall–Kier alpha value is -3.86. The molecule has 2 aromatic heterocycles. The summed E-state index contributed by atoms with van der Waals surface area (Å²) < 4.78 is 5.83. The van der Waals surface area contributed by atoms with E-state index in [1.54, 1.807) is 12.3 Å². The Morgan fingerprint density at radius 1 is 1.14 bits per heavy atom. The van der Waals surface area contributed by atoms with Crippen LogP contribution in [0.2, 0.25) is 5.02 Å². The van der Waals surface area contributed by atoms with E-state index in [0.717, 1.165) is 40.7 Å². The molecule has 2 aliphatic heterocycles. The number of benzene rings is 2. The Bertz CT molecular complexity index is 1520. The molecule has 186 valence electrons. The van der Waals surface area contributed by atoms with E-state index in [1.807, 2.05) is 42.5 Å². The predicted octanol–water partition coefficient (Wildman–Crippen LogP) is 5.56. The van der Waals surface area contributed by atoms with E-state index in [1.165, 1.54) is 19.2 Å². The van der Waals surface area contributed by atoms with Gasteiger partial charge in [-0.05, 0) is 75.2 Å². The van der Waals surface area contributed by atoms with Gasteiger partial charge in [0.05, 0.1) is 21.8 Å². The van der Waals surface area contributed by atoms with Crippen molar-refractivity contribution >= 4 is 39.7 Å². The van der Waals surface area contributed by atoms with Crippen molar-refractivity contribution in [1.82, 2.24) is 19.9 Å². The molecule has 6 rings (SSSR count). The van der Waals surface area contributed by atoms with Crippen LogP contribution in [0, 0.1) is 11.8 Å². The number of aromatic nitrogens is 3. The number of nitrogens with two attached hydrogens (primary N) is 1. The maximum Gasteiger partial charge on any atom is 0.141 e. The van der Waals surface area contributed by atoms with Crippen LogP contribution in [0.1, 0.15) is 36.9 Å². The van der Waals surface area contributed by atoms with Crippen LogP contribution < -0.4 is 15.8 Å². The molecular formula is C29H27ClN6O. The number of rotatable bonds is 5. The molecule has 3 N–H and O–H groups in total. The average molecular weight is 511 g/mol. The van der Waals surface area contributed by atoms with E-state index < -0.39 is 0 Å². The highest BCUT2D eigenvalue weighted by Crippen LogP contribution is 2.44. The third-order valence-corrected chi connectivity index (χ3v) is 7.83. The van der Waals surface area contributed by atoms with E-state index in [4.69, 9.17) is 22.1 Å². The summed E-state index contributed by atoms with van der Waals surface area (Å²) in [7, 11) is 2.19. The largest absolute Gasteiger partial charge is 0.486 e. The van der Waals surface area contributed by atoms with Crippen LogP contribution in [0.15, 0.2) is 61.1 Å². The van der Waals surface area contributed by atoms with Gasteiger partial charge in [0.1, 0.15) is 24.5 Å². The molecule has 0 radical (unpaired) electrons. The minimum absolute atomic E-state index is 0.0167. The number of ether oxygens (including phenoxy) is 1. The van der Waals surface area contributed by atoms with Crippen molar-refractivity contribution in [3.05, 3.63) is 77.3 Å². The standard InChI is InChI=1S/C29H27ClN6O/c1-36-22-8-11-29(36,12-9-22)10-7-19-14-26-23(16-25(19)31)28(34-18-33-26)35-20-5-6-27(24(30)15-20)37-17-21-4-2-3-13-32-21/h2-6,13-16,18,22H,8-9,11-12,17,31H2,1H3,(H,33,34,35). The minimum Gasteiger partial charge on any atom is -0.486 e. The summed E-state index contributed by atoms with van der Waals surface area (Å²) in [4.78, 5) is 15.6. The lowest BCUT2D eigenvalue weighted by Gasteiger charge is -2.25. The van der Waals surface area contributed by atoms with Crippen molar-refractivity contribution < 1.29 is 4.74 Å². The molecule has 37 heavy (non-hydrogen) atoms. The fourth-order valence-corrected chi connectivity index (χ4v) is 5.60. The van der Waals surface area contributed by atoms with E-state index in [0.29, 0.717) is 34.9 Å². The second-order valence-corrected chi connectivity index (χ2v) is 10.1. The van der Waals surface area contributed by atoms with Crippen molar-refractivity contribution in [3.63, 3.8) is 0 Å². The molecule has 0 saturated carbocycles. The quantitative estimate of drug-likeness (QED) is 0.268. The number of hydrogen-bond acceptors (Lipinski definition) is 7. The Morgan fingerprint density at radius 3 is 2.73 bits per heavy atom. The normalized spacial score (nSPS) is 20.5. The molecule has 2 saturated heterocycles. The zero-order chi connectivity index (χ0) is 25.4. The molecule has 0 spiro atoms. The highest BCUT2D eigenvalue weighted by atomic mass is 35.5. The first kappa shape index (κ1) is 23.5. The summed E-state index contributed by atoms with van der Waals surface area (Å²) >= 11 is 6.49. The van der Waals surface area contributed by atoms with Gasteiger partial charge < -0.3 is 15.8 Å². The zero-order valence-corrected chi connectivity index (χ0v) is 21.3. The average Bonchev–Trinajstić information content (AvgIpc) is 3.39. The van der Waals surface area contributed by atoms with Gasteiger partial charge in [0.25, 0.3) is 0 Å². The minimum atomic E-state index is -0.0167. The highest BCUT2D eigenvalue weighted by molar-refractivity contribution is 6.32. The van der Waals surface area contributed by atoms with Gasteiger partial charge in [0, 0.05) is 34.6 Å². The zero-order valence-electron chi connectivity index (χ0n) is 20.5. The number of nitrogens with one attached hydrogen (secondary N) is 1. The third kappa shape index (κ3) is 4.55. The van der Waals surface area contributed by atoms with Crippen LogP contribution in [-0.2, 0) is 6.61 Å². The van der Waals surface area contributed by atoms with Gasteiger partial charge in [-0.25, -0.2) is 9.97 Å². The summed E-state index contributed by atoms with van der Waals surface area (Å²) in [6, 6.07) is 15.7. The molecule has 4 aromatic rings. The van der Waals surface area contributed by atoms with Gasteiger partial charge in [-0.1, -0.05) is 29.5 Å². The number of nitrogens with zero attached hydrogens (tertiary/aromatic N) is 4. The molecule has 0 atom stereocenters. The van der Waals surface area contributed by atoms with Crippen LogP contribution in [-0.4, -0.2) is 38.5 Å². The van der Waals surface area contributed by atoms with E-state index in [2.05, 4.69) is 44.1 Å². The van der Waals surface area contributed by atoms with E-state index in [-0.39, 0.29) is 5.54 Å². The monoisotopic (exact) mass is 510 g/mol. The SMILES string of the molecule is CN1C2CCC1(C#Cc1cc3ncnc(Nc4ccc(OCc5ccccn5)c(Cl)c4)c3cc1N)CC2. The summed E-state index contributed by atoms with van der Waals surface area (Å²) in [6.45, 7) is 0.340. The first-order chi connectivity index (χ1) is 18.0. The second-order valence-electron chi connectivity index (χ2n) is 9.68. The van der Waals surface area contributed by atoms with Crippen molar-refractivity contribution in [2.24, 2.45) is 0 Å². The molecule has 2 bridgehead atoms. The van der Waals surface area contributed by atoms with Crippen LogP contribution >= 0.6 is 11.6 Å². The topological polar surface area (TPSA) is 89.2 Å². The Kier molecular flexibility index (Phi) is 6.07. The first-order valence-corrected chi connectivity index (χ1v) is 12.8. The van der Waals surface area contributed by atoms with Gasteiger partial charge in [-0.2, -0.15) is 0 Å².